The fraction of sp³-hybridized carbons (Fsp3) is 0.667. The van der Waals surface area contributed by atoms with Crippen LogP contribution in [0, 0.1) is 19.8 Å². The molecule has 148 valence electrons. The van der Waals surface area contributed by atoms with Gasteiger partial charge >= 0.3 is 6.09 Å². The Labute approximate surface area is 161 Å². The topological polar surface area (TPSA) is 68.7 Å². The second kappa shape index (κ2) is 7.49. The van der Waals surface area contributed by atoms with E-state index < -0.39 is 5.60 Å². The Morgan fingerprint density at radius 1 is 1.22 bits per heavy atom. The minimum atomic E-state index is -0.505. The molecule has 0 N–H and O–H groups in total. The quantitative estimate of drug-likeness (QED) is 0.714. The second-order valence-electron chi connectivity index (χ2n) is 8.64. The molecule has 2 aliphatic carbocycles. The van der Waals surface area contributed by atoms with Crippen molar-refractivity contribution in [3.8, 4) is 5.88 Å². The molecule has 27 heavy (non-hydrogen) atoms. The largest absolute Gasteiger partial charge is 0.476 e. The highest BCUT2D eigenvalue weighted by molar-refractivity contribution is 5.69. The number of hydrogen-bond donors (Lipinski definition) is 0. The molecule has 0 saturated heterocycles. The molecule has 0 spiro atoms. The number of carbonyl (C=O) groups is 2. The minimum absolute atomic E-state index is 0.0481. The van der Waals surface area contributed by atoms with E-state index in [9.17, 15) is 9.59 Å². The fourth-order valence-corrected chi connectivity index (χ4v) is 3.63. The number of amides is 1. The van der Waals surface area contributed by atoms with Gasteiger partial charge in [0.25, 0.3) is 0 Å². The highest BCUT2D eigenvalue weighted by atomic mass is 16.6. The zero-order chi connectivity index (χ0) is 19.8. The normalized spacial score (nSPS) is 18.8. The van der Waals surface area contributed by atoms with Gasteiger partial charge in [-0.3, -0.25) is 0 Å². The lowest BCUT2D eigenvalue weighted by atomic mass is 10.0. The Morgan fingerprint density at radius 3 is 2.48 bits per heavy atom. The predicted molar refractivity (Wildman–Crippen MR) is 102 cm³/mol. The van der Waals surface area contributed by atoms with Crippen LogP contribution >= 0.6 is 0 Å². The van der Waals surface area contributed by atoms with Crippen LogP contribution in [0.4, 0.5) is 4.79 Å². The number of pyridine rings is 1. The van der Waals surface area contributed by atoms with E-state index in [0.717, 1.165) is 43.2 Å². The highest BCUT2D eigenvalue weighted by Crippen LogP contribution is 2.34. The number of ether oxygens (including phenoxy) is 2. The van der Waals surface area contributed by atoms with Crippen molar-refractivity contribution in [3.63, 3.8) is 0 Å². The van der Waals surface area contributed by atoms with E-state index in [0.29, 0.717) is 19.0 Å². The molecule has 3 rings (SSSR count). The average Bonchev–Trinajstić information content (AvgIpc) is 3.30. The van der Waals surface area contributed by atoms with E-state index in [-0.39, 0.29) is 18.1 Å². The van der Waals surface area contributed by atoms with Gasteiger partial charge in [0.05, 0.1) is 6.54 Å². The molecule has 1 amide bonds. The van der Waals surface area contributed by atoms with E-state index >= 15 is 0 Å². The molecule has 6 heteroatoms. The molecule has 1 atom stereocenters. The third-order valence-electron chi connectivity index (χ3n) is 5.16. The zero-order valence-corrected chi connectivity index (χ0v) is 17.0. The van der Waals surface area contributed by atoms with Crippen LogP contribution in [-0.4, -0.2) is 47.1 Å². The number of aryl methyl sites for hydroxylation is 1. The summed E-state index contributed by atoms with van der Waals surface area (Å²) in [7, 11) is 0. The number of fused-ring (bicyclic) bond motifs is 1. The molecule has 1 aromatic heterocycles. The monoisotopic (exact) mass is 374 g/mol. The van der Waals surface area contributed by atoms with Crippen LogP contribution in [0.15, 0.2) is 0 Å². The van der Waals surface area contributed by atoms with Crippen molar-refractivity contribution in [2.45, 2.75) is 71.9 Å². The third kappa shape index (κ3) is 4.60. The van der Waals surface area contributed by atoms with Gasteiger partial charge in [0, 0.05) is 23.2 Å². The Balaban J connectivity index is 1.64. The van der Waals surface area contributed by atoms with Crippen molar-refractivity contribution >= 4 is 12.4 Å². The van der Waals surface area contributed by atoms with Gasteiger partial charge in [-0.05, 0) is 71.4 Å². The number of aromatic nitrogens is 1. The summed E-state index contributed by atoms with van der Waals surface area (Å²) in [5.74, 6) is 0.657. The van der Waals surface area contributed by atoms with Crippen molar-refractivity contribution in [2.75, 3.05) is 13.2 Å². The van der Waals surface area contributed by atoms with Gasteiger partial charge in [-0.1, -0.05) is 0 Å². The summed E-state index contributed by atoms with van der Waals surface area (Å²) in [4.78, 5) is 30.0. The lowest BCUT2D eigenvalue weighted by molar-refractivity contribution is -0.110. The maximum absolute atomic E-state index is 12.4. The Morgan fingerprint density at radius 2 is 1.89 bits per heavy atom. The van der Waals surface area contributed by atoms with Gasteiger partial charge in [-0.2, -0.15) is 0 Å². The summed E-state index contributed by atoms with van der Waals surface area (Å²) in [6.45, 7) is 10.4. The van der Waals surface area contributed by atoms with Crippen LogP contribution in [0.25, 0.3) is 0 Å². The smallest absolute Gasteiger partial charge is 0.410 e. The van der Waals surface area contributed by atoms with Crippen molar-refractivity contribution in [1.82, 2.24) is 9.88 Å². The molecule has 0 radical (unpaired) electrons. The van der Waals surface area contributed by atoms with E-state index in [2.05, 4.69) is 4.98 Å². The van der Waals surface area contributed by atoms with Gasteiger partial charge < -0.3 is 19.2 Å². The van der Waals surface area contributed by atoms with E-state index in [1.165, 1.54) is 11.1 Å². The Hall–Kier alpha value is -2.11. The molecule has 0 bridgehead atoms. The summed E-state index contributed by atoms with van der Waals surface area (Å²) >= 11 is 0. The van der Waals surface area contributed by atoms with Gasteiger partial charge in [-0.15, -0.1) is 0 Å². The van der Waals surface area contributed by atoms with E-state index in [1.54, 1.807) is 4.90 Å². The molecule has 1 unspecified atom stereocenters. The van der Waals surface area contributed by atoms with Crippen LogP contribution < -0.4 is 4.74 Å². The number of hydrogen-bond acceptors (Lipinski definition) is 5. The lowest BCUT2D eigenvalue weighted by Crippen LogP contribution is -2.40. The van der Waals surface area contributed by atoms with Crippen LogP contribution in [-0.2, 0) is 22.4 Å². The summed E-state index contributed by atoms with van der Waals surface area (Å²) < 4.78 is 11.5. The van der Waals surface area contributed by atoms with E-state index in [1.807, 2.05) is 34.6 Å². The molecule has 1 saturated carbocycles. The molecule has 1 aromatic rings. The average molecular weight is 374 g/mol. The first kappa shape index (κ1) is 19.6. The summed E-state index contributed by atoms with van der Waals surface area (Å²) in [6.07, 6.45) is 4.32. The maximum Gasteiger partial charge on any atom is 0.410 e. The number of carbonyl (C=O) groups excluding carboxylic acids is 2. The predicted octanol–water partition coefficient (Wildman–Crippen LogP) is 3.39. The van der Waals surface area contributed by atoms with Crippen LogP contribution in [0.2, 0.25) is 0 Å². The maximum atomic E-state index is 12.4. The second-order valence-corrected chi connectivity index (χ2v) is 8.64. The number of nitrogens with zero attached hydrogens (tertiary/aromatic N) is 2. The first-order chi connectivity index (χ1) is 12.7. The van der Waals surface area contributed by atoms with Crippen LogP contribution in [0.3, 0.4) is 0 Å². The van der Waals surface area contributed by atoms with Crippen molar-refractivity contribution in [2.24, 2.45) is 5.92 Å². The fourth-order valence-electron chi connectivity index (χ4n) is 3.63. The van der Waals surface area contributed by atoms with Crippen molar-refractivity contribution in [3.05, 3.63) is 22.4 Å². The van der Waals surface area contributed by atoms with Crippen molar-refractivity contribution in [1.29, 1.82) is 0 Å². The summed E-state index contributed by atoms with van der Waals surface area (Å²) in [5.41, 5.74) is 3.82. The standard InChI is InChI=1S/C21H30N2O4/c1-13-17-10-15(12-24)11-18(17)14(2)22-19(13)26-9-8-23(16-6-7-16)20(25)27-21(3,4)5/h12,15-16H,6-11H2,1-5H3. The number of rotatable bonds is 6. The molecular formula is C21H30N2O4. The molecule has 1 fully saturated rings. The molecule has 1 heterocycles. The highest BCUT2D eigenvalue weighted by Gasteiger charge is 2.35. The van der Waals surface area contributed by atoms with Crippen molar-refractivity contribution < 1.29 is 19.1 Å². The van der Waals surface area contributed by atoms with Gasteiger partial charge in [-0.25, -0.2) is 9.78 Å². The van der Waals surface area contributed by atoms with Crippen LogP contribution in [0.5, 0.6) is 5.88 Å². The van der Waals surface area contributed by atoms with Gasteiger partial charge in [0.1, 0.15) is 18.5 Å². The first-order valence-electron chi connectivity index (χ1n) is 9.76. The van der Waals surface area contributed by atoms with E-state index in [4.69, 9.17) is 9.47 Å². The van der Waals surface area contributed by atoms with Gasteiger partial charge in [0.2, 0.25) is 5.88 Å². The molecule has 0 aromatic carbocycles. The van der Waals surface area contributed by atoms with Crippen LogP contribution in [0.1, 0.15) is 56.0 Å². The summed E-state index contributed by atoms with van der Waals surface area (Å²) in [6, 6.07) is 0.257. The summed E-state index contributed by atoms with van der Waals surface area (Å²) in [5, 5.41) is 0. The first-order valence-corrected chi connectivity index (χ1v) is 9.76. The Kier molecular flexibility index (Phi) is 5.45. The Bertz CT molecular complexity index is 735. The molecule has 6 nitrogen and oxygen atoms in total. The molecular weight excluding hydrogens is 344 g/mol. The van der Waals surface area contributed by atoms with Gasteiger partial charge in [0.15, 0.2) is 0 Å². The third-order valence-corrected chi connectivity index (χ3v) is 5.16. The molecule has 0 aliphatic heterocycles. The molecule has 2 aliphatic rings. The minimum Gasteiger partial charge on any atom is -0.476 e. The number of aldehydes is 1. The SMILES string of the molecule is Cc1nc(OCCN(C(=O)OC(C)(C)C)C2CC2)c(C)c2c1CC(C=O)C2. The lowest BCUT2D eigenvalue weighted by Gasteiger charge is -2.27. The zero-order valence-electron chi connectivity index (χ0n) is 17.0.